The quantitative estimate of drug-likeness (QED) is 0.128. The van der Waals surface area contributed by atoms with Crippen molar-refractivity contribution < 1.29 is 0 Å². The summed E-state index contributed by atoms with van der Waals surface area (Å²) in [5, 5.41) is 4.80. The summed E-state index contributed by atoms with van der Waals surface area (Å²) in [6.07, 6.45) is 0. The lowest BCUT2D eigenvalue weighted by molar-refractivity contribution is 1.18. The van der Waals surface area contributed by atoms with Gasteiger partial charge in [0.2, 0.25) is 0 Å². The molecule has 0 saturated heterocycles. The minimum absolute atomic E-state index is 1.09. The van der Waals surface area contributed by atoms with Gasteiger partial charge in [-0.25, -0.2) is 0 Å². The van der Waals surface area contributed by atoms with Crippen LogP contribution in [0.25, 0.3) is 88.4 Å². The second-order valence-corrected chi connectivity index (χ2v) is 19.4. The Morgan fingerprint density at radius 3 is 0.842 bits per heavy atom. The lowest BCUT2D eigenvalue weighted by Crippen LogP contribution is -2.10. The Labute approximate surface area is 442 Å². The largest absolute Gasteiger partial charge is 0.310 e. The molecule has 0 amide bonds. The molecule has 14 aromatic rings. The van der Waals surface area contributed by atoms with Crippen LogP contribution in [-0.2, 0) is 0 Å². The van der Waals surface area contributed by atoms with Crippen molar-refractivity contribution in [3.63, 3.8) is 0 Å². The van der Waals surface area contributed by atoms with Crippen molar-refractivity contribution in [3.8, 4) is 44.8 Å². The van der Waals surface area contributed by atoms with E-state index in [1.807, 2.05) is 0 Å². The summed E-state index contributed by atoms with van der Waals surface area (Å²) in [4.78, 5) is 4.72. The van der Waals surface area contributed by atoms with E-state index < -0.39 is 0 Å². The Kier molecular flexibility index (Phi) is 11.2. The van der Waals surface area contributed by atoms with Crippen LogP contribution in [0, 0.1) is 0 Å². The molecule has 358 valence electrons. The standard InChI is InChI=1S/C72H50N4/c1-7-19-51(20-8-1)53-31-37-61(38-32-53)73(57-23-11-3-12-24-57)63-41-43-65-67-47-55(35-45-69(67)75(71(65)49-63)59-27-15-5-16-28-59)56-36-46-70-68(48-56)66-44-42-64(50-72(66)76(70)60-29-17-6-18-30-60)74(58-25-13-4-14-26-58)62-39-33-54(34-40-62)52-21-9-2-10-22-52/h1-50H. The van der Waals surface area contributed by atoms with Crippen molar-refractivity contribution in [1.29, 1.82) is 0 Å². The summed E-state index contributed by atoms with van der Waals surface area (Å²) >= 11 is 0. The van der Waals surface area contributed by atoms with E-state index in [2.05, 4.69) is 322 Å². The molecular weight excluding hydrogens is 921 g/mol. The highest BCUT2D eigenvalue weighted by atomic mass is 15.2. The fourth-order valence-electron chi connectivity index (χ4n) is 11.3. The predicted octanol–water partition coefficient (Wildman–Crippen LogP) is 19.8. The molecule has 2 aromatic heterocycles. The van der Waals surface area contributed by atoms with Crippen LogP contribution in [0.4, 0.5) is 34.1 Å². The molecule has 4 nitrogen and oxygen atoms in total. The van der Waals surface area contributed by atoms with Gasteiger partial charge in [0.1, 0.15) is 0 Å². The Hall–Kier alpha value is -10.2. The van der Waals surface area contributed by atoms with E-state index >= 15 is 0 Å². The molecule has 0 fully saturated rings. The van der Waals surface area contributed by atoms with Crippen LogP contribution >= 0.6 is 0 Å². The Morgan fingerprint density at radius 1 is 0.184 bits per heavy atom. The van der Waals surface area contributed by atoms with E-state index in [4.69, 9.17) is 0 Å². The maximum absolute atomic E-state index is 2.42. The van der Waals surface area contributed by atoms with Crippen LogP contribution in [0.5, 0.6) is 0 Å². The molecule has 0 atom stereocenters. The molecule has 0 unspecified atom stereocenters. The monoisotopic (exact) mass is 970 g/mol. The van der Waals surface area contributed by atoms with Crippen LogP contribution in [0.1, 0.15) is 0 Å². The predicted molar refractivity (Wildman–Crippen MR) is 321 cm³/mol. The number of rotatable bonds is 11. The van der Waals surface area contributed by atoms with Gasteiger partial charge in [-0.15, -0.1) is 0 Å². The maximum atomic E-state index is 2.42. The third kappa shape index (κ3) is 7.97. The highest BCUT2D eigenvalue weighted by Gasteiger charge is 2.21. The summed E-state index contributed by atoms with van der Waals surface area (Å²) in [7, 11) is 0. The molecule has 2 heterocycles. The first kappa shape index (κ1) is 44.5. The normalized spacial score (nSPS) is 11.4. The molecule has 14 rings (SSSR count). The van der Waals surface area contributed by atoms with Crippen molar-refractivity contribution in [2.45, 2.75) is 0 Å². The molecule has 4 heteroatoms. The summed E-state index contributed by atoms with van der Waals surface area (Å²) in [5.74, 6) is 0. The summed E-state index contributed by atoms with van der Waals surface area (Å²) < 4.78 is 4.84. The molecule has 0 saturated carbocycles. The molecule has 0 spiro atoms. The van der Waals surface area contributed by atoms with Crippen molar-refractivity contribution in [2.24, 2.45) is 0 Å². The number of hydrogen-bond donors (Lipinski definition) is 0. The fourth-order valence-corrected chi connectivity index (χ4v) is 11.3. The van der Waals surface area contributed by atoms with E-state index in [1.54, 1.807) is 0 Å². The minimum Gasteiger partial charge on any atom is -0.310 e. The second kappa shape index (κ2) is 19.0. The fraction of sp³-hybridized carbons (Fsp3) is 0. The molecule has 0 aliphatic heterocycles. The Morgan fingerprint density at radius 2 is 0.474 bits per heavy atom. The van der Waals surface area contributed by atoms with E-state index in [9.17, 15) is 0 Å². The van der Waals surface area contributed by atoms with E-state index in [0.29, 0.717) is 0 Å². The van der Waals surface area contributed by atoms with Gasteiger partial charge in [-0.2, -0.15) is 0 Å². The van der Waals surface area contributed by atoms with Gasteiger partial charge in [-0.3, -0.25) is 0 Å². The first-order valence-corrected chi connectivity index (χ1v) is 26.0. The lowest BCUT2D eigenvalue weighted by atomic mass is 10.00. The van der Waals surface area contributed by atoms with Crippen LogP contribution in [0.3, 0.4) is 0 Å². The van der Waals surface area contributed by atoms with Gasteiger partial charge in [0.25, 0.3) is 0 Å². The van der Waals surface area contributed by atoms with Gasteiger partial charge in [-0.05, 0) is 155 Å². The third-order valence-corrected chi connectivity index (χ3v) is 14.9. The van der Waals surface area contributed by atoms with Crippen LogP contribution < -0.4 is 9.80 Å². The van der Waals surface area contributed by atoms with Crippen molar-refractivity contribution >= 4 is 77.7 Å². The molecule has 0 aliphatic rings. The molecule has 0 bridgehead atoms. The van der Waals surface area contributed by atoms with Crippen LogP contribution in [-0.4, -0.2) is 9.13 Å². The maximum Gasteiger partial charge on any atom is 0.0561 e. The molecule has 76 heavy (non-hydrogen) atoms. The summed E-state index contributed by atoms with van der Waals surface area (Å²) in [6, 6.07) is 110. The number of nitrogens with zero attached hydrogens (tertiary/aromatic N) is 4. The zero-order valence-electron chi connectivity index (χ0n) is 41.7. The van der Waals surface area contributed by atoms with Crippen LogP contribution in [0.2, 0.25) is 0 Å². The van der Waals surface area contributed by atoms with E-state index in [1.165, 1.54) is 54.9 Å². The highest BCUT2D eigenvalue weighted by molar-refractivity contribution is 6.14. The molecule has 0 radical (unpaired) electrons. The molecular formula is C72H50N4. The molecule has 12 aromatic carbocycles. The Bertz CT molecular complexity index is 4060. The van der Waals surface area contributed by atoms with Crippen molar-refractivity contribution in [2.75, 3.05) is 9.80 Å². The van der Waals surface area contributed by atoms with Crippen molar-refractivity contribution in [1.82, 2.24) is 9.13 Å². The van der Waals surface area contributed by atoms with E-state index in [-0.39, 0.29) is 0 Å². The minimum atomic E-state index is 1.09. The zero-order valence-corrected chi connectivity index (χ0v) is 41.7. The topological polar surface area (TPSA) is 16.3 Å². The van der Waals surface area contributed by atoms with Crippen molar-refractivity contribution in [3.05, 3.63) is 303 Å². The van der Waals surface area contributed by atoms with Gasteiger partial charge in [0.05, 0.1) is 22.1 Å². The summed E-state index contributed by atoms with van der Waals surface area (Å²) in [5.41, 5.74) is 20.5. The van der Waals surface area contributed by atoms with Crippen LogP contribution in [0.15, 0.2) is 303 Å². The number of fused-ring (bicyclic) bond motifs is 6. The first-order chi connectivity index (χ1) is 37.7. The number of anilines is 6. The summed E-state index contributed by atoms with van der Waals surface area (Å²) in [6.45, 7) is 0. The Balaban J connectivity index is 0.898. The molecule has 0 aliphatic carbocycles. The van der Waals surface area contributed by atoms with E-state index in [0.717, 1.165) is 67.6 Å². The highest BCUT2D eigenvalue weighted by Crippen LogP contribution is 2.44. The van der Waals surface area contributed by atoms with Gasteiger partial charge in [-0.1, -0.05) is 182 Å². The number of aromatic nitrogens is 2. The smallest absolute Gasteiger partial charge is 0.0561 e. The second-order valence-electron chi connectivity index (χ2n) is 19.4. The first-order valence-electron chi connectivity index (χ1n) is 26.0. The number of para-hydroxylation sites is 4. The average molecular weight is 971 g/mol. The number of hydrogen-bond acceptors (Lipinski definition) is 2. The average Bonchev–Trinajstić information content (AvgIpc) is 4.10. The SMILES string of the molecule is c1ccc(-c2ccc(N(c3ccccc3)c3ccc4c5cc(-c6ccc7c(c6)c6ccc(N(c8ccccc8)c8ccc(-c9ccccc9)cc8)cc6n7-c6ccccc6)ccc5n(-c5ccccc5)c4c3)cc2)cc1. The third-order valence-electron chi connectivity index (χ3n) is 14.9. The lowest BCUT2D eigenvalue weighted by Gasteiger charge is -2.26. The molecule has 0 N–H and O–H groups in total. The van der Waals surface area contributed by atoms with Gasteiger partial charge >= 0.3 is 0 Å². The van der Waals surface area contributed by atoms with Gasteiger partial charge in [0.15, 0.2) is 0 Å². The van der Waals surface area contributed by atoms with Gasteiger partial charge in [0, 0.05) is 67.0 Å². The van der Waals surface area contributed by atoms with Gasteiger partial charge < -0.3 is 18.9 Å². The zero-order chi connectivity index (χ0) is 50.4. The number of benzene rings is 12.